The normalized spacial score (nSPS) is 15.9. The molecule has 0 atom stereocenters. The maximum atomic E-state index is 12.2. The minimum Gasteiger partial charge on any atom is -0.481 e. The summed E-state index contributed by atoms with van der Waals surface area (Å²) in [7, 11) is 0. The van der Waals surface area contributed by atoms with Gasteiger partial charge in [-0.1, -0.05) is 15.9 Å². The average molecular weight is 357 g/mol. The Morgan fingerprint density at radius 3 is 2.52 bits per heavy atom. The quantitative estimate of drug-likeness (QED) is 0.622. The van der Waals surface area contributed by atoms with Crippen LogP contribution in [0.2, 0.25) is 0 Å². The van der Waals surface area contributed by atoms with Crippen LogP contribution in [-0.2, 0) is 4.79 Å². The number of amides is 1. The van der Waals surface area contributed by atoms with E-state index in [-0.39, 0.29) is 17.7 Å². The summed E-state index contributed by atoms with van der Waals surface area (Å²) in [5, 5.41) is 22.4. The molecule has 2 rings (SSSR count). The predicted octanol–water partition coefficient (Wildman–Crippen LogP) is 2.48. The molecule has 0 saturated heterocycles. The summed E-state index contributed by atoms with van der Waals surface area (Å²) in [5.74, 6) is -1.48. The minimum absolute atomic E-state index is 0.132. The van der Waals surface area contributed by atoms with Crippen molar-refractivity contribution in [2.24, 2.45) is 0 Å². The van der Waals surface area contributed by atoms with E-state index in [0.29, 0.717) is 17.3 Å². The van der Waals surface area contributed by atoms with E-state index >= 15 is 0 Å². The van der Waals surface area contributed by atoms with E-state index in [2.05, 4.69) is 21.2 Å². The number of non-ortho nitro benzene ring substituents is 1. The van der Waals surface area contributed by atoms with E-state index in [1.807, 2.05) is 0 Å². The highest BCUT2D eigenvalue weighted by Gasteiger charge is 2.40. The molecule has 0 aliphatic heterocycles. The number of halogens is 1. The van der Waals surface area contributed by atoms with Gasteiger partial charge in [0.1, 0.15) is 0 Å². The van der Waals surface area contributed by atoms with Gasteiger partial charge in [0.2, 0.25) is 0 Å². The molecule has 0 heterocycles. The van der Waals surface area contributed by atoms with E-state index in [1.54, 1.807) is 0 Å². The number of hydrogen-bond acceptors (Lipinski definition) is 4. The van der Waals surface area contributed by atoms with Crippen LogP contribution in [0.3, 0.4) is 0 Å². The van der Waals surface area contributed by atoms with Crippen molar-refractivity contribution in [3.05, 3.63) is 38.3 Å². The molecule has 1 aliphatic rings. The Kier molecular flexibility index (Phi) is 4.26. The highest BCUT2D eigenvalue weighted by molar-refractivity contribution is 9.10. The first-order valence-corrected chi connectivity index (χ1v) is 7.10. The van der Waals surface area contributed by atoms with Crippen molar-refractivity contribution in [1.29, 1.82) is 0 Å². The van der Waals surface area contributed by atoms with E-state index < -0.39 is 22.3 Å². The van der Waals surface area contributed by atoms with Gasteiger partial charge >= 0.3 is 5.97 Å². The van der Waals surface area contributed by atoms with Gasteiger partial charge in [-0.15, -0.1) is 0 Å². The Hall–Kier alpha value is -1.96. The summed E-state index contributed by atoms with van der Waals surface area (Å²) in [6.07, 6.45) is 1.91. The van der Waals surface area contributed by atoms with Gasteiger partial charge in [-0.2, -0.15) is 0 Å². The number of rotatable bonds is 5. The first kappa shape index (κ1) is 15.4. The lowest BCUT2D eigenvalue weighted by atomic mass is 9.74. The van der Waals surface area contributed by atoms with Crippen LogP contribution < -0.4 is 5.32 Å². The molecule has 2 N–H and O–H groups in total. The predicted molar refractivity (Wildman–Crippen MR) is 77.1 cm³/mol. The molecule has 112 valence electrons. The highest BCUT2D eigenvalue weighted by Crippen LogP contribution is 2.35. The summed E-state index contributed by atoms with van der Waals surface area (Å²) < 4.78 is 0.419. The maximum absolute atomic E-state index is 12.2. The van der Waals surface area contributed by atoms with Crippen LogP contribution in [0, 0.1) is 10.1 Å². The Morgan fingerprint density at radius 2 is 2.05 bits per heavy atom. The Balaban J connectivity index is 2.20. The van der Waals surface area contributed by atoms with E-state index in [1.165, 1.54) is 18.2 Å². The van der Waals surface area contributed by atoms with Crippen molar-refractivity contribution in [2.45, 2.75) is 31.2 Å². The Labute approximate surface area is 128 Å². The topological polar surface area (TPSA) is 110 Å². The van der Waals surface area contributed by atoms with Gasteiger partial charge in [-0.05, 0) is 25.3 Å². The van der Waals surface area contributed by atoms with Gasteiger partial charge in [0.05, 0.1) is 16.9 Å². The van der Waals surface area contributed by atoms with Gasteiger partial charge in [-0.3, -0.25) is 19.7 Å². The molecule has 0 spiro atoms. The zero-order chi connectivity index (χ0) is 15.6. The molecule has 0 aromatic heterocycles. The number of aliphatic carboxylic acids is 1. The molecule has 0 unspecified atom stereocenters. The van der Waals surface area contributed by atoms with Crippen LogP contribution in [-0.4, -0.2) is 27.4 Å². The smallest absolute Gasteiger partial charge is 0.305 e. The largest absolute Gasteiger partial charge is 0.481 e. The molecule has 7 nitrogen and oxygen atoms in total. The molecule has 1 aromatic carbocycles. The van der Waals surface area contributed by atoms with Crippen LogP contribution >= 0.6 is 15.9 Å². The summed E-state index contributed by atoms with van der Waals surface area (Å²) in [6, 6.07) is 3.94. The fourth-order valence-corrected chi connectivity index (χ4v) is 2.84. The molecular weight excluding hydrogens is 344 g/mol. The molecular formula is C13H13BrN2O5. The van der Waals surface area contributed by atoms with Gasteiger partial charge in [0, 0.05) is 22.2 Å². The van der Waals surface area contributed by atoms with E-state index in [4.69, 9.17) is 5.11 Å². The lowest BCUT2D eigenvalue weighted by molar-refractivity contribution is -0.385. The average Bonchev–Trinajstić information content (AvgIpc) is 2.34. The van der Waals surface area contributed by atoms with Crippen LogP contribution in [0.25, 0.3) is 0 Å². The lowest BCUT2D eigenvalue weighted by Gasteiger charge is -2.41. The first-order valence-electron chi connectivity index (χ1n) is 6.31. The summed E-state index contributed by atoms with van der Waals surface area (Å²) in [6.45, 7) is 0. The second kappa shape index (κ2) is 5.80. The van der Waals surface area contributed by atoms with E-state index in [0.717, 1.165) is 6.42 Å². The Morgan fingerprint density at radius 1 is 1.38 bits per heavy atom. The number of nitro groups is 1. The van der Waals surface area contributed by atoms with Crippen LogP contribution in [0.5, 0.6) is 0 Å². The molecule has 1 saturated carbocycles. The summed E-state index contributed by atoms with van der Waals surface area (Å²) >= 11 is 3.12. The zero-order valence-corrected chi connectivity index (χ0v) is 12.6. The first-order chi connectivity index (χ1) is 9.81. The molecule has 0 radical (unpaired) electrons. The third-order valence-electron chi connectivity index (χ3n) is 3.53. The maximum Gasteiger partial charge on any atom is 0.305 e. The number of carboxylic acid groups (broad SMARTS) is 1. The summed E-state index contributed by atoms with van der Waals surface area (Å²) in [4.78, 5) is 33.3. The molecule has 1 amide bonds. The third-order valence-corrected chi connectivity index (χ3v) is 3.99. The number of carbonyl (C=O) groups is 2. The number of benzene rings is 1. The highest BCUT2D eigenvalue weighted by atomic mass is 79.9. The van der Waals surface area contributed by atoms with Crippen molar-refractivity contribution in [3.8, 4) is 0 Å². The number of hydrogen-bond donors (Lipinski definition) is 2. The van der Waals surface area contributed by atoms with Crippen molar-refractivity contribution in [1.82, 2.24) is 5.32 Å². The van der Waals surface area contributed by atoms with Crippen LogP contribution in [0.4, 0.5) is 5.69 Å². The van der Waals surface area contributed by atoms with Gasteiger partial charge in [-0.25, -0.2) is 0 Å². The van der Waals surface area contributed by atoms with Gasteiger partial charge < -0.3 is 10.4 Å². The second-order valence-corrected chi connectivity index (χ2v) is 6.03. The van der Waals surface area contributed by atoms with Crippen LogP contribution in [0.1, 0.15) is 36.0 Å². The number of carboxylic acids is 1. The fourth-order valence-electron chi connectivity index (χ4n) is 2.36. The van der Waals surface area contributed by atoms with E-state index in [9.17, 15) is 19.7 Å². The minimum atomic E-state index is -0.977. The van der Waals surface area contributed by atoms with Gasteiger partial charge in [0.15, 0.2) is 0 Å². The standard InChI is InChI=1S/C13H13BrN2O5/c14-9-4-8(5-10(6-9)16(20)21)12(19)15-13(2-1-3-13)7-11(17)18/h4-6H,1-3,7H2,(H,15,19)(H,17,18). The zero-order valence-electron chi connectivity index (χ0n) is 11.0. The molecule has 1 fully saturated rings. The van der Waals surface area contributed by atoms with Crippen molar-refractivity contribution < 1.29 is 19.6 Å². The third kappa shape index (κ3) is 3.57. The second-order valence-electron chi connectivity index (χ2n) is 5.11. The number of nitro benzene ring substituents is 1. The number of nitrogens with zero attached hydrogens (tertiary/aromatic N) is 1. The van der Waals surface area contributed by atoms with Crippen molar-refractivity contribution in [2.75, 3.05) is 0 Å². The molecule has 1 aromatic rings. The number of carbonyl (C=O) groups excluding carboxylic acids is 1. The monoisotopic (exact) mass is 356 g/mol. The summed E-state index contributed by atoms with van der Waals surface area (Å²) in [5.41, 5.74) is -0.803. The molecule has 0 bridgehead atoms. The number of nitrogens with one attached hydrogen (secondary N) is 1. The molecule has 1 aliphatic carbocycles. The lowest BCUT2D eigenvalue weighted by Crippen LogP contribution is -2.54. The van der Waals surface area contributed by atoms with Crippen molar-refractivity contribution >= 4 is 33.5 Å². The Bertz CT molecular complexity index is 613. The van der Waals surface area contributed by atoms with Gasteiger partial charge in [0.25, 0.3) is 11.6 Å². The van der Waals surface area contributed by atoms with Crippen LogP contribution in [0.15, 0.2) is 22.7 Å². The fraction of sp³-hybridized carbons (Fsp3) is 0.385. The molecule has 21 heavy (non-hydrogen) atoms. The van der Waals surface area contributed by atoms with Crippen molar-refractivity contribution in [3.63, 3.8) is 0 Å². The molecule has 8 heteroatoms. The SMILES string of the molecule is O=C(O)CC1(NC(=O)c2cc(Br)cc([N+](=O)[O-])c2)CCC1.